The second kappa shape index (κ2) is 4.53. The first-order chi connectivity index (χ1) is 8.36. The van der Waals surface area contributed by atoms with Gasteiger partial charge < -0.3 is 0 Å². The Kier molecular flexibility index (Phi) is 3.21. The number of rotatable bonds is 1. The van der Waals surface area contributed by atoms with Crippen LogP contribution in [0, 0.1) is 5.82 Å². The molecule has 0 amide bonds. The molecule has 18 heavy (non-hydrogen) atoms. The minimum Gasteiger partial charge on any atom is -0.256 e. The Bertz CT molecular complexity index is 583. The predicted molar refractivity (Wildman–Crippen MR) is 57.4 cm³/mol. The molecule has 94 valence electrons. The molecular formula is C11H5ClF4N2. The summed E-state index contributed by atoms with van der Waals surface area (Å²) in [6.07, 6.45) is -3.46. The maximum atomic E-state index is 13.0. The van der Waals surface area contributed by atoms with E-state index in [4.69, 9.17) is 11.6 Å². The third kappa shape index (κ3) is 2.76. The van der Waals surface area contributed by atoms with Crippen LogP contribution in [0.25, 0.3) is 11.3 Å². The highest BCUT2D eigenvalue weighted by molar-refractivity contribution is 6.29. The summed E-state index contributed by atoms with van der Waals surface area (Å²) in [5, 5.41) is -0.328. The Hall–Kier alpha value is -1.69. The Labute approximate surface area is 104 Å². The van der Waals surface area contributed by atoms with Crippen LogP contribution < -0.4 is 0 Å². The molecule has 0 unspecified atom stereocenters. The quantitative estimate of drug-likeness (QED) is 0.582. The highest BCUT2D eigenvalue weighted by Crippen LogP contribution is 2.32. The molecule has 2 aromatic rings. The van der Waals surface area contributed by atoms with Gasteiger partial charge in [0.05, 0.1) is 5.69 Å². The fraction of sp³-hybridized carbons (Fsp3) is 0.0909. The van der Waals surface area contributed by atoms with E-state index in [9.17, 15) is 17.6 Å². The van der Waals surface area contributed by atoms with E-state index in [1.54, 1.807) is 0 Å². The zero-order valence-electron chi connectivity index (χ0n) is 8.67. The van der Waals surface area contributed by atoms with Gasteiger partial charge in [0.1, 0.15) is 16.7 Å². The van der Waals surface area contributed by atoms with Gasteiger partial charge in [-0.25, -0.2) is 9.37 Å². The van der Waals surface area contributed by atoms with Crippen LogP contribution in [-0.2, 0) is 6.18 Å². The average Bonchev–Trinajstić information content (AvgIpc) is 2.27. The van der Waals surface area contributed by atoms with Crippen LogP contribution in [0.5, 0.6) is 0 Å². The van der Waals surface area contributed by atoms with Gasteiger partial charge in [0.2, 0.25) is 0 Å². The minimum atomic E-state index is -4.62. The van der Waals surface area contributed by atoms with Crippen molar-refractivity contribution in [1.29, 1.82) is 0 Å². The van der Waals surface area contributed by atoms with Gasteiger partial charge >= 0.3 is 6.18 Å². The van der Waals surface area contributed by atoms with Crippen LogP contribution in [0.3, 0.4) is 0 Å². The summed E-state index contributed by atoms with van der Waals surface area (Å²) >= 11 is 5.51. The minimum absolute atomic E-state index is 0.0572. The first kappa shape index (κ1) is 12.8. The summed E-state index contributed by atoms with van der Waals surface area (Å²) in [6.45, 7) is 0. The fourth-order valence-corrected chi connectivity index (χ4v) is 1.56. The van der Waals surface area contributed by atoms with Gasteiger partial charge in [-0.05, 0) is 18.2 Å². The number of nitrogens with zero attached hydrogens (tertiary/aromatic N) is 2. The molecule has 2 aromatic heterocycles. The van der Waals surface area contributed by atoms with Crippen LogP contribution >= 0.6 is 11.6 Å². The molecule has 0 radical (unpaired) electrons. The topological polar surface area (TPSA) is 25.8 Å². The number of halogens is 5. The van der Waals surface area contributed by atoms with E-state index >= 15 is 0 Å². The van der Waals surface area contributed by atoms with Gasteiger partial charge in [-0.15, -0.1) is 0 Å². The van der Waals surface area contributed by atoms with E-state index in [0.717, 1.165) is 24.4 Å². The number of hydrogen-bond donors (Lipinski definition) is 0. The van der Waals surface area contributed by atoms with Crippen molar-refractivity contribution >= 4 is 11.6 Å². The zero-order valence-corrected chi connectivity index (χ0v) is 9.43. The number of pyridine rings is 2. The summed E-state index contributed by atoms with van der Waals surface area (Å²) in [6, 6.07) is 4.08. The molecule has 2 rings (SSSR count). The molecule has 0 bridgehead atoms. The summed E-state index contributed by atoms with van der Waals surface area (Å²) in [5.74, 6) is -0.596. The molecule has 0 atom stereocenters. The Morgan fingerprint density at radius 2 is 1.83 bits per heavy atom. The molecular weight excluding hydrogens is 272 g/mol. The zero-order chi connectivity index (χ0) is 13.3. The molecule has 0 saturated carbocycles. The van der Waals surface area contributed by atoms with Gasteiger partial charge in [-0.3, -0.25) is 4.98 Å². The maximum Gasteiger partial charge on any atom is 0.433 e. The van der Waals surface area contributed by atoms with Gasteiger partial charge in [-0.1, -0.05) is 11.6 Å². The van der Waals surface area contributed by atoms with E-state index < -0.39 is 17.7 Å². The lowest BCUT2D eigenvalue weighted by atomic mass is 10.1. The molecule has 2 nitrogen and oxygen atoms in total. The normalized spacial score (nSPS) is 11.6. The standard InChI is InChI=1S/C11H5ClF4N2/c12-10-4-6(3-9(18-10)11(14,15)16)8-5-7(13)1-2-17-8/h1-5H. The van der Waals surface area contributed by atoms with Crippen molar-refractivity contribution in [3.63, 3.8) is 0 Å². The van der Waals surface area contributed by atoms with E-state index in [2.05, 4.69) is 9.97 Å². The number of hydrogen-bond acceptors (Lipinski definition) is 2. The van der Waals surface area contributed by atoms with Gasteiger partial charge in [0, 0.05) is 17.8 Å². The fourth-order valence-electron chi connectivity index (χ4n) is 1.35. The lowest BCUT2D eigenvalue weighted by Gasteiger charge is -2.08. The van der Waals surface area contributed by atoms with Crippen molar-refractivity contribution in [2.45, 2.75) is 6.18 Å². The molecule has 0 saturated heterocycles. The first-order valence-corrected chi connectivity index (χ1v) is 5.11. The van der Waals surface area contributed by atoms with E-state index in [-0.39, 0.29) is 16.4 Å². The predicted octanol–water partition coefficient (Wildman–Crippen LogP) is 3.95. The lowest BCUT2D eigenvalue weighted by molar-refractivity contribution is -0.141. The smallest absolute Gasteiger partial charge is 0.256 e. The molecule has 0 aliphatic carbocycles. The first-order valence-electron chi connectivity index (χ1n) is 4.73. The molecule has 0 aromatic carbocycles. The Morgan fingerprint density at radius 3 is 2.44 bits per heavy atom. The molecule has 0 aliphatic rings. The van der Waals surface area contributed by atoms with Crippen molar-refractivity contribution in [2.75, 3.05) is 0 Å². The molecule has 0 spiro atoms. The summed E-state index contributed by atoms with van der Waals surface area (Å²) in [7, 11) is 0. The monoisotopic (exact) mass is 276 g/mol. The van der Waals surface area contributed by atoms with Crippen LogP contribution in [0.2, 0.25) is 5.15 Å². The van der Waals surface area contributed by atoms with Crippen LogP contribution in [0.4, 0.5) is 17.6 Å². The summed E-state index contributed by atoms with van der Waals surface area (Å²) < 4.78 is 50.6. The van der Waals surface area contributed by atoms with E-state index in [1.807, 2.05) is 0 Å². The highest BCUT2D eigenvalue weighted by atomic mass is 35.5. The highest BCUT2D eigenvalue weighted by Gasteiger charge is 2.33. The number of alkyl halides is 3. The van der Waals surface area contributed by atoms with Crippen LogP contribution in [0.15, 0.2) is 30.5 Å². The van der Waals surface area contributed by atoms with E-state index in [0.29, 0.717) is 0 Å². The van der Waals surface area contributed by atoms with Crippen molar-refractivity contribution in [1.82, 2.24) is 9.97 Å². The largest absolute Gasteiger partial charge is 0.433 e. The van der Waals surface area contributed by atoms with Gasteiger partial charge in [0.25, 0.3) is 0 Å². The third-order valence-electron chi connectivity index (χ3n) is 2.10. The third-order valence-corrected chi connectivity index (χ3v) is 2.30. The molecule has 0 N–H and O–H groups in total. The lowest BCUT2D eigenvalue weighted by Crippen LogP contribution is -2.08. The van der Waals surface area contributed by atoms with Crippen molar-refractivity contribution < 1.29 is 17.6 Å². The Balaban J connectivity index is 2.55. The SMILES string of the molecule is Fc1ccnc(-c2cc(Cl)nc(C(F)(F)F)c2)c1. The van der Waals surface area contributed by atoms with Crippen molar-refractivity contribution in [2.24, 2.45) is 0 Å². The van der Waals surface area contributed by atoms with E-state index in [1.165, 1.54) is 6.07 Å². The van der Waals surface area contributed by atoms with Crippen molar-refractivity contribution in [3.8, 4) is 11.3 Å². The summed E-state index contributed by atoms with van der Waals surface area (Å²) in [5.41, 5.74) is -1.03. The Morgan fingerprint density at radius 1 is 1.11 bits per heavy atom. The maximum absolute atomic E-state index is 13.0. The molecule has 2 heterocycles. The van der Waals surface area contributed by atoms with Crippen LogP contribution in [0.1, 0.15) is 5.69 Å². The summed E-state index contributed by atoms with van der Waals surface area (Å²) in [4.78, 5) is 6.95. The molecule has 0 fully saturated rings. The molecule has 0 aliphatic heterocycles. The second-order valence-electron chi connectivity index (χ2n) is 3.42. The van der Waals surface area contributed by atoms with Crippen molar-refractivity contribution in [3.05, 3.63) is 47.1 Å². The van der Waals surface area contributed by atoms with Crippen LogP contribution in [-0.4, -0.2) is 9.97 Å². The average molecular weight is 277 g/mol. The second-order valence-corrected chi connectivity index (χ2v) is 3.81. The number of aromatic nitrogens is 2. The van der Waals surface area contributed by atoms with Gasteiger partial charge in [-0.2, -0.15) is 13.2 Å². The van der Waals surface area contributed by atoms with Gasteiger partial charge in [0.15, 0.2) is 0 Å². The molecule has 7 heteroatoms.